The van der Waals surface area contributed by atoms with Crippen LogP contribution in [0.3, 0.4) is 0 Å². The fourth-order valence-electron chi connectivity index (χ4n) is 3.77. The van der Waals surface area contributed by atoms with Crippen molar-refractivity contribution in [2.75, 3.05) is 19.0 Å². The third kappa shape index (κ3) is 5.20. The van der Waals surface area contributed by atoms with Crippen molar-refractivity contribution in [1.82, 2.24) is 3.97 Å². The Morgan fingerprint density at radius 3 is 2.06 bits per heavy atom. The first-order valence-corrected chi connectivity index (χ1v) is 13.5. The molecule has 10 heteroatoms. The first-order chi connectivity index (χ1) is 15.7. The van der Waals surface area contributed by atoms with Crippen molar-refractivity contribution >= 4 is 19.9 Å². The van der Waals surface area contributed by atoms with Crippen LogP contribution in [0.25, 0.3) is 0 Å². The molecule has 1 aromatic heterocycles. The highest BCUT2D eigenvalue weighted by atomic mass is 32.2. The van der Waals surface area contributed by atoms with Gasteiger partial charge < -0.3 is 14.6 Å². The molecule has 1 saturated heterocycles. The average molecular weight is 492 g/mol. The van der Waals surface area contributed by atoms with E-state index in [1.807, 2.05) is 0 Å². The Balaban J connectivity index is 1.68. The number of aromatic nitrogens is 1. The molecule has 1 aliphatic heterocycles. The van der Waals surface area contributed by atoms with Crippen LogP contribution in [-0.2, 0) is 34.9 Å². The Hall–Kier alpha value is -2.50. The fourth-order valence-corrected chi connectivity index (χ4v) is 6.67. The second-order valence-electron chi connectivity index (χ2n) is 7.86. The lowest BCUT2D eigenvalue weighted by atomic mass is 9.93. The summed E-state index contributed by atoms with van der Waals surface area (Å²) in [5.41, 5.74) is -1.68. The Kier molecular flexibility index (Phi) is 6.73. The molecule has 1 aliphatic rings. The highest BCUT2D eigenvalue weighted by molar-refractivity contribution is 7.91. The molecule has 0 aliphatic carbocycles. The minimum Gasteiger partial charge on any atom is -0.384 e. The summed E-state index contributed by atoms with van der Waals surface area (Å²) >= 11 is 0. The Bertz CT molecular complexity index is 1280. The topological polar surface area (TPSA) is 112 Å². The summed E-state index contributed by atoms with van der Waals surface area (Å²) in [5.74, 6) is -0.619. The molecule has 33 heavy (non-hydrogen) atoms. The van der Waals surface area contributed by atoms with Gasteiger partial charge in [-0.1, -0.05) is 36.4 Å². The van der Waals surface area contributed by atoms with Crippen LogP contribution in [0.1, 0.15) is 18.4 Å². The van der Waals surface area contributed by atoms with Gasteiger partial charge in [-0.2, -0.15) is 0 Å². The molecule has 3 aromatic rings. The lowest BCUT2D eigenvalue weighted by Gasteiger charge is -2.28. The molecule has 2 aromatic carbocycles. The van der Waals surface area contributed by atoms with Crippen molar-refractivity contribution < 1.29 is 31.4 Å². The SMILES string of the molecule is O=S(=O)(CC(O)(CCC1OCCO1)c1ccn(S(=O)(=O)c2ccccc2)c1)c1ccccc1. The highest BCUT2D eigenvalue weighted by Gasteiger charge is 2.38. The summed E-state index contributed by atoms with van der Waals surface area (Å²) in [4.78, 5) is 0.161. The summed E-state index contributed by atoms with van der Waals surface area (Å²) in [7, 11) is -7.78. The van der Waals surface area contributed by atoms with Gasteiger partial charge in [-0.3, -0.25) is 0 Å². The molecule has 0 amide bonds. The number of rotatable bonds is 9. The summed E-state index contributed by atoms with van der Waals surface area (Å²) in [6.07, 6.45) is 2.27. The maximum atomic E-state index is 13.1. The highest BCUT2D eigenvalue weighted by Crippen LogP contribution is 2.33. The minimum atomic E-state index is -3.90. The number of aliphatic hydroxyl groups is 1. The normalized spacial score (nSPS) is 17.1. The molecule has 1 N–H and O–H groups in total. The van der Waals surface area contributed by atoms with Crippen molar-refractivity contribution in [2.24, 2.45) is 0 Å². The Morgan fingerprint density at radius 1 is 0.879 bits per heavy atom. The molecule has 4 rings (SSSR count). The lowest BCUT2D eigenvalue weighted by Crippen LogP contribution is -2.35. The van der Waals surface area contributed by atoms with E-state index in [9.17, 15) is 21.9 Å². The van der Waals surface area contributed by atoms with Crippen LogP contribution in [0, 0.1) is 0 Å². The molecule has 176 valence electrons. The van der Waals surface area contributed by atoms with Crippen molar-refractivity contribution in [3.05, 3.63) is 84.7 Å². The van der Waals surface area contributed by atoms with E-state index in [1.54, 1.807) is 36.4 Å². The van der Waals surface area contributed by atoms with Crippen LogP contribution in [0.4, 0.5) is 0 Å². The van der Waals surface area contributed by atoms with E-state index in [-0.39, 0.29) is 28.2 Å². The van der Waals surface area contributed by atoms with Crippen molar-refractivity contribution in [1.29, 1.82) is 0 Å². The first-order valence-electron chi connectivity index (χ1n) is 10.4. The molecular formula is C23H25NO7S2. The summed E-state index contributed by atoms with van der Waals surface area (Å²) < 4.78 is 64.0. The van der Waals surface area contributed by atoms with Gasteiger partial charge in [-0.05, 0) is 36.8 Å². The fraction of sp³-hybridized carbons (Fsp3) is 0.304. The van der Waals surface area contributed by atoms with Crippen molar-refractivity contribution in [2.45, 2.75) is 34.5 Å². The van der Waals surface area contributed by atoms with E-state index in [0.29, 0.717) is 13.2 Å². The van der Waals surface area contributed by atoms with Gasteiger partial charge in [0.05, 0.1) is 28.8 Å². The van der Waals surface area contributed by atoms with Gasteiger partial charge in [0, 0.05) is 24.4 Å². The van der Waals surface area contributed by atoms with E-state index in [4.69, 9.17) is 9.47 Å². The summed E-state index contributed by atoms with van der Waals surface area (Å²) in [6.45, 7) is 0.855. The molecule has 0 bridgehead atoms. The van der Waals surface area contributed by atoms with E-state index in [0.717, 1.165) is 3.97 Å². The second kappa shape index (κ2) is 9.40. The molecule has 1 atom stereocenters. The summed E-state index contributed by atoms with van der Waals surface area (Å²) in [6, 6.07) is 17.1. The molecular weight excluding hydrogens is 466 g/mol. The maximum Gasteiger partial charge on any atom is 0.267 e. The number of sulfone groups is 1. The first kappa shape index (κ1) is 23.7. The largest absolute Gasteiger partial charge is 0.384 e. The standard InChI is InChI=1S/C23H25NO7S2/c25-23(13-11-22-30-15-16-31-22,18-32(26,27)20-7-3-1-4-8-20)19-12-14-24(17-19)33(28,29)21-9-5-2-6-10-21/h1-10,12,14,17,22,25H,11,13,15-16,18H2. The molecule has 2 heterocycles. The van der Waals surface area contributed by atoms with Crippen molar-refractivity contribution in [3.63, 3.8) is 0 Å². The van der Waals surface area contributed by atoms with E-state index in [2.05, 4.69) is 0 Å². The molecule has 0 spiro atoms. The van der Waals surface area contributed by atoms with Gasteiger partial charge in [0.15, 0.2) is 16.1 Å². The van der Waals surface area contributed by atoms with Crippen LogP contribution in [0.5, 0.6) is 0 Å². The molecule has 1 fully saturated rings. The smallest absolute Gasteiger partial charge is 0.267 e. The van der Waals surface area contributed by atoms with Gasteiger partial charge in [0.1, 0.15) is 5.60 Å². The number of nitrogens with zero attached hydrogens (tertiary/aromatic N) is 1. The number of hydrogen-bond donors (Lipinski definition) is 1. The quantitative estimate of drug-likeness (QED) is 0.490. The molecule has 0 radical (unpaired) electrons. The predicted octanol–water partition coefficient (Wildman–Crippen LogP) is 2.54. The van der Waals surface area contributed by atoms with Crippen LogP contribution < -0.4 is 0 Å². The number of hydrogen-bond acceptors (Lipinski definition) is 7. The third-order valence-electron chi connectivity index (χ3n) is 5.54. The average Bonchev–Trinajstić information content (AvgIpc) is 3.52. The second-order valence-corrected chi connectivity index (χ2v) is 11.7. The Morgan fingerprint density at radius 2 is 1.45 bits per heavy atom. The van der Waals surface area contributed by atoms with Crippen molar-refractivity contribution in [3.8, 4) is 0 Å². The lowest BCUT2D eigenvalue weighted by molar-refractivity contribution is -0.0649. The van der Waals surface area contributed by atoms with E-state index in [1.165, 1.54) is 42.7 Å². The molecule has 0 saturated carbocycles. The monoisotopic (exact) mass is 491 g/mol. The van der Waals surface area contributed by atoms with Gasteiger partial charge in [-0.15, -0.1) is 0 Å². The summed E-state index contributed by atoms with van der Waals surface area (Å²) in [5, 5.41) is 11.6. The Labute approximate surface area is 193 Å². The molecule has 8 nitrogen and oxygen atoms in total. The van der Waals surface area contributed by atoms with Crippen LogP contribution in [0.2, 0.25) is 0 Å². The zero-order chi connectivity index (χ0) is 23.5. The van der Waals surface area contributed by atoms with Gasteiger partial charge in [0.2, 0.25) is 0 Å². The number of ether oxygens (including phenoxy) is 2. The maximum absolute atomic E-state index is 13.1. The van der Waals surface area contributed by atoms with E-state index >= 15 is 0 Å². The molecule has 1 unspecified atom stereocenters. The van der Waals surface area contributed by atoms with Crippen LogP contribution >= 0.6 is 0 Å². The van der Waals surface area contributed by atoms with Gasteiger partial charge >= 0.3 is 0 Å². The zero-order valence-electron chi connectivity index (χ0n) is 17.8. The van der Waals surface area contributed by atoms with Gasteiger partial charge in [-0.25, -0.2) is 20.8 Å². The van der Waals surface area contributed by atoms with Gasteiger partial charge in [0.25, 0.3) is 10.0 Å². The van der Waals surface area contributed by atoms with Crippen LogP contribution in [0.15, 0.2) is 88.9 Å². The minimum absolute atomic E-state index is 0.000865. The third-order valence-corrected chi connectivity index (χ3v) is 9.04. The predicted molar refractivity (Wildman–Crippen MR) is 121 cm³/mol. The van der Waals surface area contributed by atoms with Crippen LogP contribution in [-0.4, -0.2) is 51.2 Å². The number of benzene rings is 2. The zero-order valence-corrected chi connectivity index (χ0v) is 19.4. The van der Waals surface area contributed by atoms with E-state index < -0.39 is 37.5 Å².